The smallest absolute Gasteiger partial charge is 0.366 e. The molecule has 0 spiro atoms. The van der Waals surface area contributed by atoms with Gasteiger partial charge in [-0.05, 0) is 30.5 Å². The first kappa shape index (κ1) is 15.1. The van der Waals surface area contributed by atoms with Crippen molar-refractivity contribution in [3.63, 3.8) is 0 Å². The summed E-state index contributed by atoms with van der Waals surface area (Å²) in [6, 6.07) is 22.8. The molecular weight excluding hydrogens is 314 g/mol. The van der Waals surface area contributed by atoms with Crippen molar-refractivity contribution < 1.29 is 13.9 Å². The number of fused-ring (bicyclic) bond motifs is 1. The molecule has 1 aromatic heterocycles. The van der Waals surface area contributed by atoms with Gasteiger partial charge in [0.25, 0.3) is 0 Å². The molecule has 0 N–H and O–H groups in total. The van der Waals surface area contributed by atoms with E-state index in [1.165, 1.54) is 0 Å². The van der Waals surface area contributed by atoms with Gasteiger partial charge in [0.15, 0.2) is 5.69 Å². The molecule has 1 heterocycles. The van der Waals surface area contributed by atoms with E-state index in [-0.39, 0.29) is 5.69 Å². The number of hydrogen-bond acceptors (Lipinski definition) is 4. The number of carbonyl (C=O) groups is 1. The maximum atomic E-state index is 12.6. The van der Waals surface area contributed by atoms with Gasteiger partial charge in [-0.15, -0.1) is 0 Å². The summed E-state index contributed by atoms with van der Waals surface area (Å²) < 4.78 is 11.2. The third-order valence-corrected chi connectivity index (χ3v) is 3.96. The minimum Gasteiger partial charge on any atom is -0.441 e. The normalized spacial score (nSPS) is 10.8. The Morgan fingerprint density at radius 3 is 2.48 bits per heavy atom. The van der Waals surface area contributed by atoms with E-state index < -0.39 is 5.97 Å². The lowest BCUT2D eigenvalue weighted by atomic mass is 10.1. The number of aromatic nitrogens is 1. The lowest BCUT2D eigenvalue weighted by molar-refractivity contribution is 0.0730. The van der Waals surface area contributed by atoms with Crippen LogP contribution in [-0.2, 0) is 0 Å². The number of carbonyl (C=O) groups excluding carboxylic acids is 1. The Kier molecular flexibility index (Phi) is 3.78. The first-order chi connectivity index (χ1) is 12.2. The quantitative estimate of drug-likeness (QED) is 0.391. The molecule has 25 heavy (non-hydrogen) atoms. The largest absolute Gasteiger partial charge is 0.441 e. The fraction of sp³-hybridized carbons (Fsp3) is 0.0476. The Hall–Kier alpha value is -3.40. The molecule has 0 aliphatic rings. The van der Waals surface area contributed by atoms with E-state index >= 15 is 0 Å². The second-order valence-corrected chi connectivity index (χ2v) is 5.66. The fourth-order valence-electron chi connectivity index (χ4n) is 2.72. The lowest BCUT2D eigenvalue weighted by Gasteiger charge is -2.06. The summed E-state index contributed by atoms with van der Waals surface area (Å²) in [5.41, 5.74) is 1.00. The molecule has 0 saturated heterocycles. The monoisotopic (exact) mass is 329 g/mol. The molecular formula is C21H15NO3. The van der Waals surface area contributed by atoms with Crippen LogP contribution in [0.2, 0.25) is 0 Å². The molecule has 0 aliphatic carbocycles. The molecule has 0 amide bonds. The first-order valence-electron chi connectivity index (χ1n) is 7.95. The summed E-state index contributed by atoms with van der Waals surface area (Å²) in [6.45, 7) is 1.71. The zero-order valence-corrected chi connectivity index (χ0v) is 13.6. The topological polar surface area (TPSA) is 52.3 Å². The Bertz CT molecular complexity index is 1050. The molecule has 4 aromatic rings. The Morgan fingerprint density at radius 2 is 1.64 bits per heavy atom. The Morgan fingerprint density at radius 1 is 0.920 bits per heavy atom. The van der Waals surface area contributed by atoms with Gasteiger partial charge in [-0.2, -0.15) is 0 Å². The molecule has 3 aromatic carbocycles. The summed E-state index contributed by atoms with van der Waals surface area (Å²) in [6.07, 6.45) is 0. The van der Waals surface area contributed by atoms with Gasteiger partial charge in [-0.1, -0.05) is 54.6 Å². The van der Waals surface area contributed by atoms with E-state index in [9.17, 15) is 4.79 Å². The number of esters is 1. The molecule has 0 bridgehead atoms. The van der Waals surface area contributed by atoms with Crippen LogP contribution in [0.5, 0.6) is 5.75 Å². The van der Waals surface area contributed by atoms with Crippen molar-refractivity contribution in [1.82, 2.24) is 4.98 Å². The van der Waals surface area contributed by atoms with Gasteiger partial charge in [0.05, 0.1) is 0 Å². The van der Waals surface area contributed by atoms with Crippen LogP contribution in [0.3, 0.4) is 0 Å². The van der Waals surface area contributed by atoms with Crippen molar-refractivity contribution in [3.8, 4) is 17.2 Å². The van der Waals surface area contributed by atoms with Crippen LogP contribution in [0.1, 0.15) is 16.2 Å². The van der Waals surface area contributed by atoms with E-state index in [0.717, 1.165) is 16.3 Å². The van der Waals surface area contributed by atoms with Gasteiger partial charge in [0.2, 0.25) is 5.89 Å². The first-order valence-corrected chi connectivity index (χ1v) is 7.95. The highest BCUT2D eigenvalue weighted by atomic mass is 16.5. The van der Waals surface area contributed by atoms with Gasteiger partial charge in [0.1, 0.15) is 11.5 Å². The standard InChI is InChI=1S/C21H15NO3/c1-14-19(22-20(24-14)16-9-3-2-4-10-16)21(23)25-18-13-7-11-15-8-5-6-12-17(15)18/h2-13H,1H3. The highest BCUT2D eigenvalue weighted by Crippen LogP contribution is 2.27. The summed E-state index contributed by atoms with van der Waals surface area (Å²) >= 11 is 0. The highest BCUT2D eigenvalue weighted by molar-refractivity contribution is 5.95. The van der Waals surface area contributed by atoms with Crippen LogP contribution in [0.4, 0.5) is 0 Å². The van der Waals surface area contributed by atoms with Crippen molar-refractivity contribution in [3.05, 3.63) is 84.3 Å². The number of aryl methyl sites for hydroxylation is 1. The third kappa shape index (κ3) is 2.90. The molecule has 0 unspecified atom stereocenters. The van der Waals surface area contributed by atoms with Crippen molar-refractivity contribution in [2.75, 3.05) is 0 Å². The van der Waals surface area contributed by atoms with E-state index in [4.69, 9.17) is 9.15 Å². The summed E-state index contributed by atoms with van der Waals surface area (Å²) in [7, 11) is 0. The van der Waals surface area contributed by atoms with Crippen molar-refractivity contribution in [2.45, 2.75) is 6.92 Å². The number of nitrogens with zero attached hydrogens (tertiary/aromatic N) is 1. The molecule has 4 heteroatoms. The van der Waals surface area contributed by atoms with Crippen LogP contribution in [0.25, 0.3) is 22.2 Å². The van der Waals surface area contributed by atoms with E-state index in [2.05, 4.69) is 4.98 Å². The maximum absolute atomic E-state index is 12.6. The van der Waals surface area contributed by atoms with Crippen LogP contribution >= 0.6 is 0 Å². The average Bonchev–Trinajstić information content (AvgIpc) is 3.05. The minimum absolute atomic E-state index is 0.187. The van der Waals surface area contributed by atoms with E-state index in [1.54, 1.807) is 13.0 Å². The molecule has 0 atom stereocenters. The second kappa shape index (κ2) is 6.24. The molecule has 0 aliphatic heterocycles. The van der Waals surface area contributed by atoms with Gasteiger partial charge in [-0.25, -0.2) is 9.78 Å². The van der Waals surface area contributed by atoms with E-state index in [0.29, 0.717) is 17.4 Å². The number of oxazole rings is 1. The highest BCUT2D eigenvalue weighted by Gasteiger charge is 2.20. The number of ether oxygens (including phenoxy) is 1. The molecule has 0 radical (unpaired) electrons. The zero-order chi connectivity index (χ0) is 17.2. The van der Waals surface area contributed by atoms with Crippen LogP contribution in [0.15, 0.2) is 77.2 Å². The predicted molar refractivity (Wildman–Crippen MR) is 95.6 cm³/mol. The van der Waals surface area contributed by atoms with Crippen molar-refractivity contribution >= 4 is 16.7 Å². The van der Waals surface area contributed by atoms with Gasteiger partial charge in [-0.3, -0.25) is 0 Å². The lowest BCUT2D eigenvalue weighted by Crippen LogP contribution is -2.10. The minimum atomic E-state index is -0.528. The van der Waals surface area contributed by atoms with Crippen molar-refractivity contribution in [2.24, 2.45) is 0 Å². The summed E-state index contributed by atoms with van der Waals surface area (Å²) in [5.74, 6) is 0.818. The summed E-state index contributed by atoms with van der Waals surface area (Å²) in [5, 5.41) is 1.89. The molecule has 0 saturated carbocycles. The van der Waals surface area contributed by atoms with Crippen LogP contribution in [-0.4, -0.2) is 11.0 Å². The molecule has 122 valence electrons. The fourth-order valence-corrected chi connectivity index (χ4v) is 2.72. The van der Waals surface area contributed by atoms with Crippen LogP contribution < -0.4 is 4.74 Å². The molecule has 4 nitrogen and oxygen atoms in total. The SMILES string of the molecule is Cc1oc(-c2ccccc2)nc1C(=O)Oc1cccc2ccccc12. The zero-order valence-electron chi connectivity index (χ0n) is 13.6. The van der Waals surface area contributed by atoms with Gasteiger partial charge in [0, 0.05) is 10.9 Å². The number of benzene rings is 3. The average molecular weight is 329 g/mol. The van der Waals surface area contributed by atoms with Crippen molar-refractivity contribution in [1.29, 1.82) is 0 Å². The Labute approximate surface area is 144 Å². The Balaban J connectivity index is 1.66. The second-order valence-electron chi connectivity index (χ2n) is 5.66. The third-order valence-electron chi connectivity index (χ3n) is 3.96. The van der Waals surface area contributed by atoms with Gasteiger partial charge < -0.3 is 9.15 Å². The van der Waals surface area contributed by atoms with Crippen LogP contribution in [0, 0.1) is 6.92 Å². The maximum Gasteiger partial charge on any atom is 0.366 e. The van der Waals surface area contributed by atoms with Gasteiger partial charge >= 0.3 is 5.97 Å². The predicted octanol–water partition coefficient (Wildman–Crippen LogP) is 5.02. The number of rotatable bonds is 3. The van der Waals surface area contributed by atoms with E-state index in [1.807, 2.05) is 66.7 Å². The summed E-state index contributed by atoms with van der Waals surface area (Å²) in [4.78, 5) is 16.9. The molecule has 4 rings (SSSR count). The molecule has 0 fully saturated rings. The number of hydrogen-bond donors (Lipinski definition) is 0.